The number of nitrogens with zero attached hydrogens (tertiary/aromatic N) is 2. The van der Waals surface area contributed by atoms with Gasteiger partial charge in [-0.1, -0.05) is 19.9 Å². The van der Waals surface area contributed by atoms with E-state index < -0.39 is 0 Å². The summed E-state index contributed by atoms with van der Waals surface area (Å²) >= 11 is 0. The summed E-state index contributed by atoms with van der Waals surface area (Å²) in [6.45, 7) is 9.35. The van der Waals surface area contributed by atoms with Gasteiger partial charge in [0.25, 0.3) is 0 Å². The third kappa shape index (κ3) is 3.93. The van der Waals surface area contributed by atoms with Crippen molar-refractivity contribution in [2.75, 3.05) is 26.3 Å². The molecule has 1 aliphatic carbocycles. The van der Waals surface area contributed by atoms with E-state index >= 15 is 0 Å². The molecule has 3 aliphatic rings. The molecule has 2 aliphatic heterocycles. The minimum atomic E-state index is 0.156. The van der Waals surface area contributed by atoms with Crippen LogP contribution in [0.15, 0.2) is 18.2 Å². The summed E-state index contributed by atoms with van der Waals surface area (Å²) in [5.41, 5.74) is 1.17. The lowest BCUT2D eigenvalue weighted by Crippen LogP contribution is -2.46. The van der Waals surface area contributed by atoms with Crippen molar-refractivity contribution < 1.29 is 14.3 Å². The first-order chi connectivity index (χ1) is 13.0. The Morgan fingerprint density at radius 3 is 2.59 bits per heavy atom. The minimum Gasteiger partial charge on any atom is -0.486 e. The maximum atomic E-state index is 13.2. The van der Waals surface area contributed by atoms with Crippen molar-refractivity contribution in [3.05, 3.63) is 23.8 Å². The van der Waals surface area contributed by atoms with Gasteiger partial charge in [0.05, 0.1) is 12.6 Å². The van der Waals surface area contributed by atoms with Gasteiger partial charge in [-0.15, -0.1) is 0 Å². The van der Waals surface area contributed by atoms with Crippen LogP contribution in [0, 0.1) is 5.92 Å². The minimum absolute atomic E-state index is 0.156. The maximum absolute atomic E-state index is 13.2. The molecule has 1 aromatic rings. The number of carbonyl (C=O) groups is 1. The van der Waals surface area contributed by atoms with Crippen LogP contribution in [0.3, 0.4) is 0 Å². The number of hydrogen-bond donors (Lipinski definition) is 0. The van der Waals surface area contributed by atoms with E-state index in [1.807, 2.05) is 6.07 Å². The van der Waals surface area contributed by atoms with Crippen molar-refractivity contribution >= 4 is 5.91 Å². The monoisotopic (exact) mass is 372 g/mol. The van der Waals surface area contributed by atoms with Gasteiger partial charge in [-0.2, -0.15) is 0 Å². The zero-order chi connectivity index (χ0) is 19.0. The van der Waals surface area contributed by atoms with E-state index in [2.05, 4.69) is 42.7 Å². The molecule has 1 saturated carbocycles. The Kier molecular flexibility index (Phi) is 5.31. The summed E-state index contributed by atoms with van der Waals surface area (Å²) < 4.78 is 11.4. The fourth-order valence-corrected chi connectivity index (χ4v) is 4.32. The SMILES string of the molecule is CC(C)C(C)N(CC(=O)N1CCCC1c1ccc2c(c1)OCCO2)C1CC1. The van der Waals surface area contributed by atoms with E-state index in [9.17, 15) is 4.79 Å². The highest BCUT2D eigenvalue weighted by atomic mass is 16.6. The van der Waals surface area contributed by atoms with Crippen molar-refractivity contribution in [1.29, 1.82) is 0 Å². The van der Waals surface area contributed by atoms with E-state index in [1.165, 1.54) is 18.4 Å². The molecule has 0 N–H and O–H groups in total. The van der Waals surface area contributed by atoms with E-state index in [0.717, 1.165) is 30.9 Å². The summed E-state index contributed by atoms with van der Waals surface area (Å²) in [5.74, 6) is 2.45. The van der Waals surface area contributed by atoms with Gasteiger partial charge < -0.3 is 14.4 Å². The molecule has 148 valence electrons. The van der Waals surface area contributed by atoms with Crippen LogP contribution >= 0.6 is 0 Å². The molecule has 5 nitrogen and oxygen atoms in total. The number of fused-ring (bicyclic) bond motifs is 1. The Morgan fingerprint density at radius 2 is 1.89 bits per heavy atom. The Hall–Kier alpha value is -1.75. The summed E-state index contributed by atoms with van der Waals surface area (Å²) in [7, 11) is 0. The lowest BCUT2D eigenvalue weighted by molar-refractivity contribution is -0.134. The van der Waals surface area contributed by atoms with E-state index in [4.69, 9.17) is 9.47 Å². The van der Waals surface area contributed by atoms with E-state index in [-0.39, 0.29) is 11.9 Å². The molecule has 2 atom stereocenters. The Labute approximate surface area is 162 Å². The fraction of sp³-hybridized carbons (Fsp3) is 0.682. The molecule has 5 heteroatoms. The summed E-state index contributed by atoms with van der Waals surface area (Å²) in [6.07, 6.45) is 4.55. The highest BCUT2D eigenvalue weighted by Gasteiger charge is 2.37. The predicted octanol–water partition coefficient (Wildman–Crippen LogP) is 3.63. The van der Waals surface area contributed by atoms with Gasteiger partial charge in [0.15, 0.2) is 11.5 Å². The Bertz CT molecular complexity index is 686. The van der Waals surface area contributed by atoms with Crippen LogP contribution in [0.4, 0.5) is 0 Å². The fourth-order valence-electron chi connectivity index (χ4n) is 4.32. The second kappa shape index (κ2) is 7.70. The van der Waals surface area contributed by atoms with Crippen molar-refractivity contribution in [2.24, 2.45) is 5.92 Å². The van der Waals surface area contributed by atoms with E-state index in [0.29, 0.717) is 37.8 Å². The van der Waals surface area contributed by atoms with Gasteiger partial charge in [-0.05, 0) is 56.2 Å². The highest BCUT2D eigenvalue weighted by Crippen LogP contribution is 2.38. The topological polar surface area (TPSA) is 42.0 Å². The van der Waals surface area contributed by atoms with E-state index in [1.54, 1.807) is 0 Å². The van der Waals surface area contributed by atoms with Crippen molar-refractivity contribution in [2.45, 2.75) is 64.6 Å². The molecule has 4 rings (SSSR count). The second-order valence-corrected chi connectivity index (χ2v) is 8.54. The largest absolute Gasteiger partial charge is 0.486 e. The quantitative estimate of drug-likeness (QED) is 0.765. The molecule has 27 heavy (non-hydrogen) atoms. The van der Waals surface area contributed by atoms with Crippen LogP contribution in [-0.4, -0.2) is 54.1 Å². The molecule has 0 aromatic heterocycles. The smallest absolute Gasteiger partial charge is 0.237 e. The standard InChI is InChI=1S/C22H32N2O3/c1-15(2)16(3)24(18-7-8-18)14-22(25)23-10-4-5-19(23)17-6-9-20-21(13-17)27-12-11-26-20/h6,9,13,15-16,18-19H,4-5,7-8,10-12,14H2,1-3H3. The first kappa shape index (κ1) is 18.6. The predicted molar refractivity (Wildman–Crippen MR) is 105 cm³/mol. The summed E-state index contributed by atoms with van der Waals surface area (Å²) in [5, 5.41) is 0. The summed E-state index contributed by atoms with van der Waals surface area (Å²) in [6, 6.07) is 7.35. The molecular weight excluding hydrogens is 340 g/mol. The maximum Gasteiger partial charge on any atom is 0.237 e. The van der Waals surface area contributed by atoms with Gasteiger partial charge in [-0.3, -0.25) is 9.69 Å². The average Bonchev–Trinajstić information content (AvgIpc) is 3.40. The van der Waals surface area contributed by atoms with Crippen LogP contribution in [0.1, 0.15) is 58.1 Å². The van der Waals surface area contributed by atoms with Crippen LogP contribution in [-0.2, 0) is 4.79 Å². The number of likely N-dealkylation sites (tertiary alicyclic amines) is 1. The van der Waals surface area contributed by atoms with Crippen molar-refractivity contribution in [3.8, 4) is 11.5 Å². The molecule has 2 unspecified atom stereocenters. The first-order valence-electron chi connectivity index (χ1n) is 10.5. The molecule has 1 aromatic carbocycles. The highest BCUT2D eigenvalue weighted by molar-refractivity contribution is 5.79. The van der Waals surface area contributed by atoms with Crippen molar-refractivity contribution in [1.82, 2.24) is 9.80 Å². The molecular formula is C22H32N2O3. The van der Waals surface area contributed by atoms with Crippen LogP contribution < -0.4 is 9.47 Å². The second-order valence-electron chi connectivity index (χ2n) is 8.54. The van der Waals surface area contributed by atoms with Gasteiger partial charge in [-0.25, -0.2) is 0 Å². The third-order valence-electron chi connectivity index (χ3n) is 6.35. The number of benzene rings is 1. The van der Waals surface area contributed by atoms with Gasteiger partial charge in [0, 0.05) is 18.6 Å². The molecule has 0 bridgehead atoms. The Morgan fingerprint density at radius 1 is 1.15 bits per heavy atom. The molecule has 0 spiro atoms. The lowest BCUT2D eigenvalue weighted by Gasteiger charge is -2.34. The molecule has 1 saturated heterocycles. The molecule has 2 fully saturated rings. The summed E-state index contributed by atoms with van der Waals surface area (Å²) in [4.78, 5) is 17.7. The number of hydrogen-bond acceptors (Lipinski definition) is 4. The number of rotatable bonds is 6. The van der Waals surface area contributed by atoms with Gasteiger partial charge in [0.1, 0.15) is 13.2 Å². The molecule has 1 amide bonds. The number of carbonyl (C=O) groups excluding carboxylic acids is 1. The zero-order valence-electron chi connectivity index (χ0n) is 16.8. The third-order valence-corrected chi connectivity index (χ3v) is 6.35. The normalized spacial score (nSPS) is 23.1. The number of ether oxygens (including phenoxy) is 2. The van der Waals surface area contributed by atoms with Crippen LogP contribution in [0.2, 0.25) is 0 Å². The Balaban J connectivity index is 1.48. The molecule has 2 heterocycles. The number of amides is 1. The van der Waals surface area contributed by atoms with Crippen LogP contribution in [0.5, 0.6) is 11.5 Å². The van der Waals surface area contributed by atoms with Crippen LogP contribution in [0.25, 0.3) is 0 Å². The average molecular weight is 373 g/mol. The van der Waals surface area contributed by atoms with Crippen molar-refractivity contribution in [3.63, 3.8) is 0 Å². The molecule has 0 radical (unpaired) electrons. The first-order valence-corrected chi connectivity index (χ1v) is 10.5. The van der Waals surface area contributed by atoms with Gasteiger partial charge >= 0.3 is 0 Å². The van der Waals surface area contributed by atoms with Gasteiger partial charge in [0.2, 0.25) is 5.91 Å². The zero-order valence-corrected chi connectivity index (χ0v) is 16.8. The lowest BCUT2D eigenvalue weighted by atomic mass is 10.0.